The molecular formula is C20H18BrNO2. The van der Waals surface area contributed by atoms with E-state index < -0.39 is 0 Å². The van der Waals surface area contributed by atoms with E-state index in [1.165, 1.54) is 0 Å². The van der Waals surface area contributed by atoms with E-state index in [4.69, 9.17) is 4.74 Å². The molecule has 24 heavy (non-hydrogen) atoms. The van der Waals surface area contributed by atoms with Crippen molar-refractivity contribution >= 4 is 38.3 Å². The molecule has 0 aliphatic heterocycles. The van der Waals surface area contributed by atoms with E-state index >= 15 is 0 Å². The number of nitrogens with one attached hydrogen (secondary N) is 1. The van der Waals surface area contributed by atoms with Gasteiger partial charge in [0.2, 0.25) is 0 Å². The van der Waals surface area contributed by atoms with Crippen molar-refractivity contribution in [1.29, 1.82) is 0 Å². The van der Waals surface area contributed by atoms with Gasteiger partial charge in [0.25, 0.3) is 5.91 Å². The van der Waals surface area contributed by atoms with Crippen molar-refractivity contribution in [1.82, 2.24) is 0 Å². The smallest absolute Gasteiger partial charge is 0.255 e. The fourth-order valence-corrected chi connectivity index (χ4v) is 2.99. The number of hydrogen-bond acceptors (Lipinski definition) is 2. The fraction of sp³-hybridized carbons (Fsp3) is 0.150. The number of halogens is 1. The lowest BCUT2D eigenvalue weighted by Crippen LogP contribution is -2.12. The van der Waals surface area contributed by atoms with Crippen LogP contribution < -0.4 is 10.1 Å². The zero-order valence-electron chi connectivity index (χ0n) is 13.4. The summed E-state index contributed by atoms with van der Waals surface area (Å²) >= 11 is 3.47. The summed E-state index contributed by atoms with van der Waals surface area (Å²) in [6.07, 6.45) is 0.940. The van der Waals surface area contributed by atoms with Gasteiger partial charge >= 0.3 is 0 Å². The van der Waals surface area contributed by atoms with Gasteiger partial charge in [0.15, 0.2) is 0 Å². The second kappa shape index (κ2) is 7.49. The topological polar surface area (TPSA) is 38.3 Å². The zero-order chi connectivity index (χ0) is 16.9. The summed E-state index contributed by atoms with van der Waals surface area (Å²) < 4.78 is 6.40. The van der Waals surface area contributed by atoms with Crippen LogP contribution in [0.25, 0.3) is 10.8 Å². The largest absolute Gasteiger partial charge is 0.492 e. The lowest BCUT2D eigenvalue weighted by Gasteiger charge is -2.11. The van der Waals surface area contributed by atoms with Crippen molar-refractivity contribution in [2.45, 2.75) is 13.3 Å². The molecule has 3 aromatic carbocycles. The quantitative estimate of drug-likeness (QED) is 0.618. The van der Waals surface area contributed by atoms with Crippen molar-refractivity contribution in [3.63, 3.8) is 0 Å². The highest BCUT2D eigenvalue weighted by Gasteiger charge is 2.11. The molecule has 122 valence electrons. The number of hydrogen-bond donors (Lipinski definition) is 1. The molecule has 1 N–H and O–H groups in total. The van der Waals surface area contributed by atoms with Crippen molar-refractivity contribution in [2.24, 2.45) is 0 Å². The van der Waals surface area contributed by atoms with E-state index in [0.717, 1.165) is 33.1 Å². The monoisotopic (exact) mass is 383 g/mol. The minimum Gasteiger partial charge on any atom is -0.492 e. The molecule has 0 fully saturated rings. The Hall–Kier alpha value is -2.33. The molecule has 4 heteroatoms. The lowest BCUT2D eigenvalue weighted by molar-refractivity contribution is 0.102. The SMILES string of the molecule is CCCOc1ccc(C(=O)Nc2cccc3ccccc23)cc1Br. The lowest BCUT2D eigenvalue weighted by atomic mass is 10.1. The van der Waals surface area contributed by atoms with Crippen molar-refractivity contribution in [3.8, 4) is 5.75 Å². The molecule has 0 radical (unpaired) electrons. The number of benzene rings is 3. The van der Waals surface area contributed by atoms with E-state index in [2.05, 4.69) is 28.2 Å². The van der Waals surface area contributed by atoms with Crippen LogP contribution in [0.4, 0.5) is 5.69 Å². The number of carbonyl (C=O) groups excluding carboxylic acids is 1. The predicted octanol–water partition coefficient (Wildman–Crippen LogP) is 5.64. The maximum absolute atomic E-state index is 12.6. The first kappa shape index (κ1) is 16.5. The summed E-state index contributed by atoms with van der Waals surface area (Å²) in [7, 11) is 0. The molecule has 0 aliphatic rings. The van der Waals surface area contributed by atoms with Crippen LogP contribution >= 0.6 is 15.9 Å². The molecule has 0 aliphatic carbocycles. The second-order valence-corrected chi connectivity index (χ2v) is 6.33. The van der Waals surface area contributed by atoms with E-state index in [1.807, 2.05) is 48.5 Å². The Bertz CT molecular complexity index is 871. The van der Waals surface area contributed by atoms with Crippen LogP contribution in [0.1, 0.15) is 23.7 Å². The second-order valence-electron chi connectivity index (χ2n) is 5.47. The summed E-state index contributed by atoms with van der Waals surface area (Å²) in [5, 5.41) is 5.11. The Morgan fingerprint density at radius 3 is 2.67 bits per heavy atom. The van der Waals surface area contributed by atoms with E-state index in [1.54, 1.807) is 12.1 Å². The number of ether oxygens (including phenoxy) is 1. The maximum Gasteiger partial charge on any atom is 0.255 e. The summed E-state index contributed by atoms with van der Waals surface area (Å²) in [6.45, 7) is 2.71. The van der Waals surface area contributed by atoms with Crippen molar-refractivity contribution in [3.05, 3.63) is 70.7 Å². The number of amides is 1. The van der Waals surface area contributed by atoms with E-state index in [-0.39, 0.29) is 5.91 Å². The third-order valence-electron chi connectivity index (χ3n) is 3.69. The van der Waals surface area contributed by atoms with Gasteiger partial charge in [0.1, 0.15) is 5.75 Å². The highest BCUT2D eigenvalue weighted by atomic mass is 79.9. The highest BCUT2D eigenvalue weighted by Crippen LogP contribution is 2.28. The van der Waals surface area contributed by atoms with Crippen LogP contribution in [0.15, 0.2) is 65.1 Å². The van der Waals surface area contributed by atoms with Crippen LogP contribution in [0.5, 0.6) is 5.75 Å². The molecule has 3 aromatic rings. The standard InChI is InChI=1S/C20H18BrNO2/c1-2-12-24-19-11-10-15(13-17(19)21)20(23)22-18-9-5-7-14-6-3-4-8-16(14)18/h3-11,13H,2,12H2,1H3,(H,22,23). The molecule has 0 aromatic heterocycles. The van der Waals surface area contributed by atoms with Crippen molar-refractivity contribution in [2.75, 3.05) is 11.9 Å². The Kier molecular flexibility index (Phi) is 5.16. The first-order valence-corrected chi connectivity index (χ1v) is 8.70. The molecule has 3 nitrogen and oxygen atoms in total. The predicted molar refractivity (Wildman–Crippen MR) is 102 cm³/mol. The molecule has 0 atom stereocenters. The van der Waals surface area contributed by atoms with Crippen LogP contribution in [-0.2, 0) is 0 Å². The third kappa shape index (κ3) is 3.60. The van der Waals surface area contributed by atoms with Crippen LogP contribution in [0.2, 0.25) is 0 Å². The minimum atomic E-state index is -0.144. The first-order valence-electron chi connectivity index (χ1n) is 7.90. The number of fused-ring (bicyclic) bond motifs is 1. The molecule has 0 saturated heterocycles. The van der Waals surface area contributed by atoms with Gasteiger partial charge in [0, 0.05) is 16.6 Å². The molecular weight excluding hydrogens is 366 g/mol. The summed E-state index contributed by atoms with van der Waals surface area (Å²) in [5.74, 6) is 0.604. The molecule has 0 bridgehead atoms. The minimum absolute atomic E-state index is 0.144. The van der Waals surface area contributed by atoms with Crippen LogP contribution in [-0.4, -0.2) is 12.5 Å². The summed E-state index contributed by atoms with van der Waals surface area (Å²) in [5.41, 5.74) is 1.39. The fourth-order valence-electron chi connectivity index (χ4n) is 2.50. The van der Waals surface area contributed by atoms with Gasteiger partial charge in [-0.2, -0.15) is 0 Å². The molecule has 3 rings (SSSR count). The number of carbonyl (C=O) groups is 1. The van der Waals surface area contributed by atoms with Crippen molar-refractivity contribution < 1.29 is 9.53 Å². The van der Waals surface area contributed by atoms with Crippen LogP contribution in [0.3, 0.4) is 0 Å². The van der Waals surface area contributed by atoms with E-state index in [0.29, 0.717) is 12.2 Å². The molecule has 1 amide bonds. The number of rotatable bonds is 5. The van der Waals surface area contributed by atoms with Gasteiger partial charge in [-0.05, 0) is 52.0 Å². The zero-order valence-corrected chi connectivity index (χ0v) is 15.0. The van der Waals surface area contributed by atoms with Crippen LogP contribution in [0, 0.1) is 0 Å². The normalized spacial score (nSPS) is 10.6. The Balaban J connectivity index is 1.83. The maximum atomic E-state index is 12.6. The Morgan fingerprint density at radius 2 is 1.88 bits per heavy atom. The van der Waals surface area contributed by atoms with Gasteiger partial charge in [-0.15, -0.1) is 0 Å². The Morgan fingerprint density at radius 1 is 1.08 bits per heavy atom. The van der Waals surface area contributed by atoms with Gasteiger partial charge in [0.05, 0.1) is 11.1 Å². The summed E-state index contributed by atoms with van der Waals surface area (Å²) in [4.78, 5) is 12.6. The average molecular weight is 384 g/mol. The third-order valence-corrected chi connectivity index (χ3v) is 4.31. The molecule has 0 unspecified atom stereocenters. The average Bonchev–Trinajstić information content (AvgIpc) is 2.61. The summed E-state index contributed by atoms with van der Waals surface area (Å²) in [6, 6.07) is 19.2. The van der Waals surface area contributed by atoms with Gasteiger partial charge < -0.3 is 10.1 Å². The van der Waals surface area contributed by atoms with E-state index in [9.17, 15) is 4.79 Å². The molecule has 0 saturated carbocycles. The van der Waals surface area contributed by atoms with Gasteiger partial charge in [-0.25, -0.2) is 0 Å². The first-order chi connectivity index (χ1) is 11.7. The molecule has 0 heterocycles. The van der Waals surface area contributed by atoms with Gasteiger partial charge in [-0.3, -0.25) is 4.79 Å². The van der Waals surface area contributed by atoms with Gasteiger partial charge in [-0.1, -0.05) is 43.3 Å². The number of anilines is 1. The highest BCUT2D eigenvalue weighted by molar-refractivity contribution is 9.10. The molecule has 0 spiro atoms. The Labute approximate surface area is 149 Å².